The second kappa shape index (κ2) is 6.40. The molecule has 1 aliphatic heterocycles. The van der Waals surface area contributed by atoms with Gasteiger partial charge in [-0.1, -0.05) is 39.3 Å². The Hall–Kier alpha value is -2.14. The van der Waals surface area contributed by atoms with E-state index in [-0.39, 0.29) is 0 Å². The number of aromatic nitrogens is 1. The van der Waals surface area contributed by atoms with Crippen molar-refractivity contribution in [2.75, 3.05) is 18.8 Å². The molecular formula is C19H28N5+. The maximum absolute atomic E-state index is 6.51. The van der Waals surface area contributed by atoms with Crippen molar-refractivity contribution in [3.63, 3.8) is 0 Å². The molecule has 2 aromatic rings. The van der Waals surface area contributed by atoms with Crippen molar-refractivity contribution in [1.82, 2.24) is 9.47 Å². The number of anilines is 1. The lowest BCUT2D eigenvalue weighted by atomic mass is 10.0. The Balaban J connectivity index is 2.27. The Bertz CT molecular complexity index is 783. The van der Waals surface area contributed by atoms with Crippen LogP contribution in [0.2, 0.25) is 0 Å². The summed E-state index contributed by atoms with van der Waals surface area (Å²) < 4.78 is 0.616. The van der Waals surface area contributed by atoms with Gasteiger partial charge in [0.05, 0.1) is 24.0 Å². The molecule has 0 radical (unpaired) electrons. The van der Waals surface area contributed by atoms with Gasteiger partial charge < -0.3 is 11.5 Å². The first-order valence-corrected chi connectivity index (χ1v) is 8.94. The van der Waals surface area contributed by atoms with Crippen molar-refractivity contribution >= 4 is 34.1 Å². The molecule has 0 fully saturated rings. The van der Waals surface area contributed by atoms with E-state index in [0.29, 0.717) is 22.2 Å². The molecule has 0 spiro atoms. The van der Waals surface area contributed by atoms with E-state index in [1.807, 2.05) is 18.2 Å². The van der Waals surface area contributed by atoms with Gasteiger partial charge in [0.1, 0.15) is 0 Å². The molecule has 1 aliphatic rings. The minimum absolute atomic E-state index is 0.479. The number of rotatable bonds is 6. The first-order chi connectivity index (χ1) is 11.5. The third-order valence-electron chi connectivity index (χ3n) is 5.17. The van der Waals surface area contributed by atoms with E-state index in [0.717, 1.165) is 54.6 Å². The maximum atomic E-state index is 6.51. The van der Waals surface area contributed by atoms with Gasteiger partial charge in [0.15, 0.2) is 17.2 Å². The number of nitrogens with zero attached hydrogens (tertiary/aromatic N) is 3. The number of fused-ring (bicyclic) bond motifs is 3. The van der Waals surface area contributed by atoms with E-state index < -0.39 is 0 Å². The fraction of sp³-hybridized carbons (Fsp3) is 0.474. The van der Waals surface area contributed by atoms with E-state index in [2.05, 4.69) is 36.8 Å². The lowest BCUT2D eigenvalue weighted by Gasteiger charge is -2.35. The Morgan fingerprint density at radius 1 is 1.17 bits per heavy atom. The van der Waals surface area contributed by atoms with Crippen LogP contribution in [0.15, 0.2) is 29.3 Å². The van der Waals surface area contributed by atoms with Crippen molar-refractivity contribution in [1.29, 1.82) is 0 Å². The van der Waals surface area contributed by atoms with Crippen molar-refractivity contribution in [3.8, 4) is 0 Å². The van der Waals surface area contributed by atoms with Crippen LogP contribution in [0.3, 0.4) is 0 Å². The zero-order chi connectivity index (χ0) is 17.3. The normalized spacial score (nSPS) is 20.9. The largest absolute Gasteiger partial charge is 0.382 e. The first-order valence-electron chi connectivity index (χ1n) is 8.94. The molecule has 24 heavy (non-hydrogen) atoms. The van der Waals surface area contributed by atoms with Gasteiger partial charge in [-0.15, -0.1) is 0 Å². The Morgan fingerprint density at radius 2 is 1.92 bits per heavy atom. The summed E-state index contributed by atoms with van der Waals surface area (Å²) in [5.74, 6) is 1.69. The van der Waals surface area contributed by atoms with Crippen LogP contribution in [-0.2, 0) is 0 Å². The molecule has 1 aromatic carbocycles. The van der Waals surface area contributed by atoms with Gasteiger partial charge >= 0.3 is 5.96 Å². The molecule has 128 valence electrons. The summed E-state index contributed by atoms with van der Waals surface area (Å²) >= 11 is 0. The molecule has 0 saturated carbocycles. The molecule has 4 N–H and O–H groups in total. The summed E-state index contributed by atoms with van der Waals surface area (Å²) in [6.45, 7) is 8.63. The molecule has 5 nitrogen and oxygen atoms in total. The number of unbranched alkanes of at least 4 members (excludes halogenated alkanes) is 1. The Morgan fingerprint density at radius 3 is 2.62 bits per heavy atom. The SMILES string of the molecule is CCCC[N+]1(CC(C)CC)C(N)=Nc2c(N)nc3ccccc3c21. The summed E-state index contributed by atoms with van der Waals surface area (Å²) in [5.41, 5.74) is 15.6. The van der Waals surface area contributed by atoms with Gasteiger partial charge in [-0.05, 0) is 25.0 Å². The molecule has 0 aliphatic carbocycles. The molecule has 0 bridgehead atoms. The lowest BCUT2D eigenvalue weighted by Crippen LogP contribution is -2.58. The van der Waals surface area contributed by atoms with E-state index >= 15 is 0 Å². The van der Waals surface area contributed by atoms with Gasteiger partial charge in [0.2, 0.25) is 0 Å². The quantitative estimate of drug-likeness (QED) is 0.790. The average Bonchev–Trinajstić information content (AvgIpc) is 2.87. The first kappa shape index (κ1) is 16.7. The Labute approximate surface area is 144 Å². The van der Waals surface area contributed by atoms with Crippen LogP contribution in [0.5, 0.6) is 0 Å². The molecule has 2 heterocycles. The molecule has 5 heteroatoms. The molecule has 2 atom stereocenters. The predicted octanol–water partition coefficient (Wildman–Crippen LogP) is 3.93. The molecular weight excluding hydrogens is 298 g/mol. The van der Waals surface area contributed by atoms with Crippen LogP contribution in [0.1, 0.15) is 40.0 Å². The van der Waals surface area contributed by atoms with Gasteiger partial charge in [-0.3, -0.25) is 0 Å². The zero-order valence-electron chi connectivity index (χ0n) is 14.9. The summed E-state index contributed by atoms with van der Waals surface area (Å²) in [5, 5.41) is 1.12. The standard InChI is InChI=1S/C19H28N5/c1-4-6-11-24(12-13(3)5-2)17-14-9-7-8-10-15(14)22-18(20)16(17)23-19(24)21/h7-10,13H,4-6,11-12H2,1-3H3,(H2,20,22)(H2,21,23)/q+1. The third-order valence-corrected chi connectivity index (χ3v) is 5.17. The van der Waals surface area contributed by atoms with Crippen molar-refractivity contribution in [2.45, 2.75) is 40.0 Å². The number of hydrogen-bond donors (Lipinski definition) is 2. The fourth-order valence-electron chi connectivity index (χ4n) is 3.66. The van der Waals surface area contributed by atoms with Crippen molar-refractivity contribution < 1.29 is 0 Å². The van der Waals surface area contributed by atoms with Crippen LogP contribution in [0, 0.1) is 5.92 Å². The number of pyridine rings is 1. The molecule has 0 amide bonds. The summed E-state index contributed by atoms with van der Waals surface area (Å²) in [6.07, 6.45) is 3.34. The van der Waals surface area contributed by atoms with Crippen LogP contribution >= 0.6 is 0 Å². The minimum Gasteiger partial charge on any atom is -0.382 e. The van der Waals surface area contributed by atoms with Gasteiger partial charge in [-0.25, -0.2) is 9.47 Å². The van der Waals surface area contributed by atoms with Gasteiger partial charge in [0.25, 0.3) is 0 Å². The number of guanidine groups is 1. The monoisotopic (exact) mass is 326 g/mol. The average molecular weight is 326 g/mol. The van der Waals surface area contributed by atoms with E-state index in [1.165, 1.54) is 0 Å². The molecule has 0 saturated heterocycles. The second-order valence-electron chi connectivity index (χ2n) is 6.92. The van der Waals surface area contributed by atoms with Crippen LogP contribution in [-0.4, -0.2) is 24.0 Å². The number of benzene rings is 1. The van der Waals surface area contributed by atoms with E-state index in [4.69, 9.17) is 11.5 Å². The minimum atomic E-state index is 0.479. The van der Waals surface area contributed by atoms with Crippen molar-refractivity contribution in [2.24, 2.45) is 16.6 Å². The van der Waals surface area contributed by atoms with Crippen LogP contribution in [0.25, 0.3) is 10.9 Å². The number of aliphatic imine (C=N–C) groups is 1. The fourth-order valence-corrected chi connectivity index (χ4v) is 3.66. The number of para-hydroxylation sites is 1. The number of nitrogens with two attached hydrogens (primary N) is 2. The number of quaternary nitrogens is 1. The summed E-state index contributed by atoms with van der Waals surface area (Å²) in [7, 11) is 0. The molecule has 3 rings (SSSR count). The predicted molar refractivity (Wildman–Crippen MR) is 103 cm³/mol. The number of nitrogen functional groups attached to an aromatic ring is 1. The maximum Gasteiger partial charge on any atom is 0.305 e. The smallest absolute Gasteiger partial charge is 0.305 e. The Kier molecular flexibility index (Phi) is 4.45. The van der Waals surface area contributed by atoms with Crippen LogP contribution in [0.4, 0.5) is 17.2 Å². The highest BCUT2D eigenvalue weighted by atomic mass is 15.5. The third kappa shape index (κ3) is 2.53. The van der Waals surface area contributed by atoms with Gasteiger partial charge in [0, 0.05) is 5.92 Å². The topological polar surface area (TPSA) is 77.3 Å². The molecule has 2 unspecified atom stereocenters. The van der Waals surface area contributed by atoms with E-state index in [9.17, 15) is 0 Å². The summed E-state index contributed by atoms with van der Waals surface area (Å²) in [6, 6.07) is 8.17. The zero-order valence-corrected chi connectivity index (χ0v) is 14.9. The second-order valence-corrected chi connectivity index (χ2v) is 6.92. The lowest BCUT2D eigenvalue weighted by molar-refractivity contribution is 0.340. The van der Waals surface area contributed by atoms with E-state index in [1.54, 1.807) is 0 Å². The van der Waals surface area contributed by atoms with Gasteiger partial charge in [-0.2, -0.15) is 4.99 Å². The number of hydrogen-bond acceptors (Lipinski definition) is 4. The molecule has 1 aromatic heterocycles. The van der Waals surface area contributed by atoms with Crippen molar-refractivity contribution in [3.05, 3.63) is 24.3 Å². The summed E-state index contributed by atoms with van der Waals surface area (Å²) in [4.78, 5) is 9.21. The highest BCUT2D eigenvalue weighted by Gasteiger charge is 2.45. The highest BCUT2D eigenvalue weighted by molar-refractivity contribution is 6.11. The highest BCUT2D eigenvalue weighted by Crippen LogP contribution is 2.48. The van der Waals surface area contributed by atoms with Crippen LogP contribution < -0.4 is 16.0 Å².